The average molecular weight is 149 g/mol. The molecular formula is C10H13O. The predicted octanol–water partition coefficient (Wildman–Crippen LogP) is 2.32. The Kier molecular flexibility index (Phi) is 2.53. The summed E-state index contributed by atoms with van der Waals surface area (Å²) in [7, 11) is 0. The van der Waals surface area contributed by atoms with Crippen LogP contribution >= 0.6 is 0 Å². The summed E-state index contributed by atoms with van der Waals surface area (Å²) in [6.07, 6.45) is 1.74. The molecule has 0 saturated heterocycles. The summed E-state index contributed by atoms with van der Waals surface area (Å²) in [6.45, 7) is 4.06. The van der Waals surface area contributed by atoms with E-state index in [0.29, 0.717) is 5.75 Å². The molecule has 1 aromatic rings. The summed E-state index contributed by atoms with van der Waals surface area (Å²) < 4.78 is 0. The molecule has 0 spiro atoms. The Labute approximate surface area is 67.7 Å². The van der Waals surface area contributed by atoms with Crippen molar-refractivity contribution in [3.63, 3.8) is 0 Å². The minimum absolute atomic E-state index is 0.453. The zero-order chi connectivity index (χ0) is 8.27. The number of hydrogen-bond donors (Lipinski definition) is 1. The lowest BCUT2D eigenvalue weighted by Crippen LogP contribution is -1.87. The van der Waals surface area contributed by atoms with Gasteiger partial charge in [-0.1, -0.05) is 13.8 Å². The molecule has 0 aliphatic carbocycles. The first-order valence-electron chi connectivity index (χ1n) is 4.00. The minimum Gasteiger partial charge on any atom is -0.507 e. The van der Waals surface area contributed by atoms with E-state index in [0.717, 1.165) is 24.0 Å². The van der Waals surface area contributed by atoms with Crippen molar-refractivity contribution in [2.45, 2.75) is 26.7 Å². The second-order valence-corrected chi connectivity index (χ2v) is 2.56. The minimum atomic E-state index is 0.453. The van der Waals surface area contributed by atoms with Gasteiger partial charge in [-0.15, -0.1) is 0 Å². The van der Waals surface area contributed by atoms with Gasteiger partial charge in [0.2, 0.25) is 0 Å². The molecule has 1 radical (unpaired) electrons. The second-order valence-electron chi connectivity index (χ2n) is 2.56. The smallest absolute Gasteiger partial charge is 0.121 e. The van der Waals surface area contributed by atoms with Crippen molar-refractivity contribution in [3.8, 4) is 5.75 Å². The largest absolute Gasteiger partial charge is 0.507 e. The molecule has 0 heterocycles. The highest BCUT2D eigenvalue weighted by molar-refractivity contribution is 5.39. The first-order chi connectivity index (χ1) is 5.29. The van der Waals surface area contributed by atoms with Gasteiger partial charge in [-0.2, -0.15) is 0 Å². The second kappa shape index (κ2) is 3.42. The number of aromatic hydroxyl groups is 1. The van der Waals surface area contributed by atoms with Gasteiger partial charge in [-0.05, 0) is 42.2 Å². The van der Waals surface area contributed by atoms with Crippen LogP contribution in [0.4, 0.5) is 0 Å². The molecule has 0 aliphatic rings. The van der Waals surface area contributed by atoms with Gasteiger partial charge in [0.05, 0.1) is 0 Å². The van der Waals surface area contributed by atoms with Gasteiger partial charge in [-0.25, -0.2) is 0 Å². The average Bonchev–Trinajstić information content (AvgIpc) is 2.05. The third-order valence-electron chi connectivity index (χ3n) is 1.89. The summed E-state index contributed by atoms with van der Waals surface area (Å²) in [5.74, 6) is 0.453. The van der Waals surface area contributed by atoms with Crippen LogP contribution in [0.25, 0.3) is 0 Å². The van der Waals surface area contributed by atoms with E-state index in [-0.39, 0.29) is 0 Å². The van der Waals surface area contributed by atoms with Crippen LogP contribution in [0.1, 0.15) is 25.0 Å². The molecule has 1 rings (SSSR count). The summed E-state index contributed by atoms with van der Waals surface area (Å²) in [4.78, 5) is 0. The topological polar surface area (TPSA) is 20.2 Å². The van der Waals surface area contributed by atoms with Gasteiger partial charge in [0.1, 0.15) is 5.75 Å². The zero-order valence-corrected chi connectivity index (χ0v) is 7.02. The van der Waals surface area contributed by atoms with Crippen LogP contribution in [-0.4, -0.2) is 5.11 Å². The molecule has 1 nitrogen and oxygen atoms in total. The Morgan fingerprint density at radius 3 is 2.00 bits per heavy atom. The highest BCUT2D eigenvalue weighted by Crippen LogP contribution is 2.22. The molecule has 0 amide bonds. The normalized spacial score (nSPS) is 10.0. The molecule has 0 fully saturated rings. The molecule has 1 aromatic carbocycles. The van der Waals surface area contributed by atoms with Crippen molar-refractivity contribution in [2.24, 2.45) is 0 Å². The van der Waals surface area contributed by atoms with Crippen LogP contribution in [0.15, 0.2) is 12.1 Å². The van der Waals surface area contributed by atoms with Gasteiger partial charge in [0.15, 0.2) is 0 Å². The Hall–Kier alpha value is -0.980. The van der Waals surface area contributed by atoms with Crippen LogP contribution in [0, 0.1) is 6.07 Å². The van der Waals surface area contributed by atoms with Gasteiger partial charge < -0.3 is 5.11 Å². The molecule has 0 unspecified atom stereocenters. The Morgan fingerprint density at radius 2 is 1.64 bits per heavy atom. The maximum atomic E-state index is 9.57. The number of phenols is 1. The zero-order valence-electron chi connectivity index (χ0n) is 7.02. The van der Waals surface area contributed by atoms with Gasteiger partial charge >= 0.3 is 0 Å². The molecule has 0 aromatic heterocycles. The fourth-order valence-corrected chi connectivity index (χ4v) is 1.12. The maximum absolute atomic E-state index is 9.57. The predicted molar refractivity (Wildman–Crippen MR) is 45.7 cm³/mol. The van der Waals surface area contributed by atoms with Crippen LogP contribution in [0.5, 0.6) is 5.75 Å². The molecule has 0 bridgehead atoms. The standard InChI is InChI=1S/C10H13O/c1-3-8-6-5-7-9(4-2)10(8)11/h6-7,11H,3-4H2,1-2H3. The van der Waals surface area contributed by atoms with Crippen LogP contribution < -0.4 is 0 Å². The fraction of sp³-hybridized carbons (Fsp3) is 0.400. The van der Waals surface area contributed by atoms with E-state index < -0.39 is 0 Å². The lowest BCUT2D eigenvalue weighted by Gasteiger charge is -2.04. The molecule has 0 aliphatic heterocycles. The van der Waals surface area contributed by atoms with Gasteiger partial charge in [-0.3, -0.25) is 0 Å². The molecule has 11 heavy (non-hydrogen) atoms. The SMILES string of the molecule is CCc1c[c]cc(CC)c1O. The first-order valence-corrected chi connectivity index (χ1v) is 4.00. The van der Waals surface area contributed by atoms with Crippen LogP contribution in [-0.2, 0) is 12.8 Å². The van der Waals surface area contributed by atoms with Crippen molar-refractivity contribution in [1.82, 2.24) is 0 Å². The van der Waals surface area contributed by atoms with Crippen LogP contribution in [0.2, 0.25) is 0 Å². The van der Waals surface area contributed by atoms with E-state index in [2.05, 4.69) is 6.07 Å². The first kappa shape index (κ1) is 8.12. The van der Waals surface area contributed by atoms with E-state index in [1.807, 2.05) is 26.0 Å². The van der Waals surface area contributed by atoms with Crippen molar-refractivity contribution < 1.29 is 5.11 Å². The molecule has 1 heteroatoms. The maximum Gasteiger partial charge on any atom is 0.121 e. The third kappa shape index (κ3) is 1.53. The van der Waals surface area contributed by atoms with E-state index >= 15 is 0 Å². The van der Waals surface area contributed by atoms with E-state index in [1.165, 1.54) is 0 Å². The molecule has 59 valence electrons. The fourth-order valence-electron chi connectivity index (χ4n) is 1.12. The number of rotatable bonds is 2. The number of benzene rings is 1. The summed E-state index contributed by atoms with van der Waals surface area (Å²) in [6, 6.07) is 6.70. The van der Waals surface area contributed by atoms with Crippen LogP contribution in [0.3, 0.4) is 0 Å². The number of aryl methyl sites for hydroxylation is 2. The Balaban J connectivity index is 3.10. The van der Waals surface area contributed by atoms with Crippen molar-refractivity contribution in [1.29, 1.82) is 0 Å². The molecular weight excluding hydrogens is 136 g/mol. The monoisotopic (exact) mass is 149 g/mol. The molecule has 0 atom stereocenters. The molecule has 1 N–H and O–H groups in total. The lowest BCUT2D eigenvalue weighted by molar-refractivity contribution is 0.462. The summed E-state index contributed by atoms with van der Waals surface area (Å²) in [5, 5.41) is 9.57. The van der Waals surface area contributed by atoms with Crippen molar-refractivity contribution in [3.05, 3.63) is 29.3 Å². The van der Waals surface area contributed by atoms with E-state index in [1.54, 1.807) is 0 Å². The Bertz CT molecular complexity index is 218. The number of hydrogen-bond acceptors (Lipinski definition) is 1. The quantitative estimate of drug-likeness (QED) is 0.684. The van der Waals surface area contributed by atoms with Crippen molar-refractivity contribution >= 4 is 0 Å². The summed E-state index contributed by atoms with van der Waals surface area (Å²) >= 11 is 0. The highest BCUT2D eigenvalue weighted by Gasteiger charge is 2.02. The van der Waals surface area contributed by atoms with Crippen molar-refractivity contribution in [2.75, 3.05) is 0 Å². The highest BCUT2D eigenvalue weighted by atomic mass is 16.3. The van der Waals surface area contributed by atoms with E-state index in [4.69, 9.17) is 0 Å². The summed E-state index contributed by atoms with van der Waals surface area (Å²) in [5.41, 5.74) is 1.98. The third-order valence-corrected chi connectivity index (χ3v) is 1.89. The van der Waals surface area contributed by atoms with E-state index in [9.17, 15) is 5.11 Å². The Morgan fingerprint density at radius 1 is 1.18 bits per heavy atom. The van der Waals surface area contributed by atoms with Gasteiger partial charge in [0, 0.05) is 0 Å². The lowest BCUT2D eigenvalue weighted by atomic mass is 10.1. The van der Waals surface area contributed by atoms with Gasteiger partial charge in [0.25, 0.3) is 0 Å². The number of phenolic OH excluding ortho intramolecular Hbond substituents is 1. The molecule has 0 saturated carbocycles.